The average molecular weight is 266 g/mol. The van der Waals surface area contributed by atoms with Crippen LogP contribution in [0.15, 0.2) is 40.8 Å². The van der Waals surface area contributed by atoms with Gasteiger partial charge in [-0.1, -0.05) is 18.2 Å². The van der Waals surface area contributed by atoms with E-state index in [4.69, 9.17) is 10.2 Å². The molecule has 1 aromatic heterocycles. The van der Waals surface area contributed by atoms with Crippen molar-refractivity contribution in [2.45, 2.75) is 20.3 Å². The van der Waals surface area contributed by atoms with Crippen molar-refractivity contribution < 1.29 is 4.42 Å². The fourth-order valence-corrected chi connectivity index (χ4v) is 2.48. The topological polar surface area (TPSA) is 52.0 Å². The number of oxazole rings is 1. The second-order valence-electron chi connectivity index (χ2n) is 5.18. The van der Waals surface area contributed by atoms with Crippen molar-refractivity contribution in [1.82, 2.24) is 4.98 Å². The Hall–Kier alpha value is -2.13. The molecule has 0 aliphatic rings. The molecule has 1 heterocycles. The van der Waals surface area contributed by atoms with Crippen LogP contribution >= 0.6 is 0 Å². The summed E-state index contributed by atoms with van der Waals surface area (Å²) in [7, 11) is 0. The Morgan fingerprint density at radius 1 is 1.10 bits per heavy atom. The summed E-state index contributed by atoms with van der Waals surface area (Å²) in [6.45, 7) is 4.79. The predicted octanol–water partition coefficient (Wildman–Crippen LogP) is 3.61. The van der Waals surface area contributed by atoms with Crippen molar-refractivity contribution in [1.29, 1.82) is 0 Å². The number of hydrogen-bond acceptors (Lipinski definition) is 3. The number of fused-ring (bicyclic) bond motifs is 1. The van der Waals surface area contributed by atoms with Gasteiger partial charge in [0.2, 0.25) is 5.89 Å². The highest BCUT2D eigenvalue weighted by molar-refractivity contribution is 5.80. The first-order chi connectivity index (χ1) is 9.67. The van der Waals surface area contributed by atoms with Crippen LogP contribution < -0.4 is 5.73 Å². The Morgan fingerprint density at radius 3 is 2.55 bits per heavy atom. The highest BCUT2D eigenvalue weighted by Crippen LogP contribution is 2.27. The van der Waals surface area contributed by atoms with Crippen LogP contribution in [-0.4, -0.2) is 11.5 Å². The van der Waals surface area contributed by atoms with Crippen molar-refractivity contribution in [3.63, 3.8) is 0 Å². The fourth-order valence-electron chi connectivity index (χ4n) is 2.48. The lowest BCUT2D eigenvalue weighted by Crippen LogP contribution is -2.02. The van der Waals surface area contributed by atoms with Gasteiger partial charge in [-0.05, 0) is 61.7 Å². The van der Waals surface area contributed by atoms with E-state index in [1.165, 1.54) is 11.1 Å². The zero-order valence-corrected chi connectivity index (χ0v) is 11.8. The zero-order valence-electron chi connectivity index (χ0n) is 11.8. The van der Waals surface area contributed by atoms with Crippen LogP contribution in [-0.2, 0) is 6.42 Å². The molecule has 0 unspecified atom stereocenters. The molecule has 0 aliphatic carbocycles. The molecule has 0 spiro atoms. The SMILES string of the molecule is Cc1cc(C)c2oc(-c3ccc(CCN)cc3)nc2c1. The van der Waals surface area contributed by atoms with Gasteiger partial charge >= 0.3 is 0 Å². The quantitative estimate of drug-likeness (QED) is 0.787. The molecule has 3 rings (SSSR count). The molecule has 0 radical (unpaired) electrons. The van der Waals surface area contributed by atoms with Gasteiger partial charge in [-0.3, -0.25) is 0 Å². The first-order valence-corrected chi connectivity index (χ1v) is 6.84. The summed E-state index contributed by atoms with van der Waals surface area (Å²) in [5, 5.41) is 0. The normalized spacial score (nSPS) is 11.2. The summed E-state index contributed by atoms with van der Waals surface area (Å²) in [4.78, 5) is 4.59. The Kier molecular flexibility index (Phi) is 3.28. The molecule has 0 bridgehead atoms. The van der Waals surface area contributed by atoms with Crippen LogP contribution in [0.2, 0.25) is 0 Å². The maximum atomic E-state index is 5.90. The standard InChI is InChI=1S/C17H18N2O/c1-11-9-12(2)16-15(10-11)19-17(20-16)14-5-3-13(4-6-14)7-8-18/h3-6,9-10H,7-8,18H2,1-2H3. The van der Waals surface area contributed by atoms with Gasteiger partial charge in [0, 0.05) is 5.56 Å². The zero-order chi connectivity index (χ0) is 14.1. The highest BCUT2D eigenvalue weighted by atomic mass is 16.3. The largest absolute Gasteiger partial charge is 0.436 e. The summed E-state index contributed by atoms with van der Waals surface area (Å²) in [5.74, 6) is 0.674. The molecule has 0 saturated heterocycles. The van der Waals surface area contributed by atoms with E-state index in [1.807, 2.05) is 12.1 Å². The van der Waals surface area contributed by atoms with Crippen LogP contribution in [0, 0.1) is 13.8 Å². The van der Waals surface area contributed by atoms with Gasteiger partial charge < -0.3 is 10.2 Å². The summed E-state index contributed by atoms with van der Waals surface area (Å²) in [5.41, 5.74) is 11.9. The molecule has 0 atom stereocenters. The maximum absolute atomic E-state index is 5.90. The third-order valence-electron chi connectivity index (χ3n) is 3.45. The molecule has 0 amide bonds. The van der Waals surface area contributed by atoms with E-state index in [0.717, 1.165) is 28.6 Å². The van der Waals surface area contributed by atoms with Gasteiger partial charge in [0.15, 0.2) is 5.58 Å². The van der Waals surface area contributed by atoms with E-state index in [1.54, 1.807) is 0 Å². The predicted molar refractivity (Wildman–Crippen MR) is 81.7 cm³/mol. The number of aromatic nitrogens is 1. The van der Waals surface area contributed by atoms with Crippen LogP contribution in [0.4, 0.5) is 0 Å². The number of aryl methyl sites for hydroxylation is 2. The van der Waals surface area contributed by atoms with Crippen LogP contribution in [0.1, 0.15) is 16.7 Å². The number of rotatable bonds is 3. The minimum absolute atomic E-state index is 0.667. The molecule has 3 aromatic rings. The average Bonchev–Trinajstić information content (AvgIpc) is 2.84. The van der Waals surface area contributed by atoms with E-state index >= 15 is 0 Å². The summed E-state index contributed by atoms with van der Waals surface area (Å²) < 4.78 is 5.90. The smallest absolute Gasteiger partial charge is 0.227 e. The van der Waals surface area contributed by atoms with Crippen molar-refractivity contribution in [2.24, 2.45) is 5.73 Å². The molecule has 3 nitrogen and oxygen atoms in total. The first-order valence-electron chi connectivity index (χ1n) is 6.84. The Balaban J connectivity index is 2.03. The number of hydrogen-bond donors (Lipinski definition) is 1. The van der Waals surface area contributed by atoms with Gasteiger partial charge in [0.1, 0.15) is 5.52 Å². The second-order valence-corrected chi connectivity index (χ2v) is 5.18. The number of benzene rings is 2. The van der Waals surface area contributed by atoms with Crippen LogP contribution in [0.3, 0.4) is 0 Å². The lowest BCUT2D eigenvalue weighted by molar-refractivity contribution is 0.617. The Morgan fingerprint density at radius 2 is 1.85 bits per heavy atom. The monoisotopic (exact) mass is 266 g/mol. The summed E-state index contributed by atoms with van der Waals surface area (Å²) >= 11 is 0. The summed E-state index contributed by atoms with van der Waals surface area (Å²) in [6.07, 6.45) is 0.895. The molecule has 2 N–H and O–H groups in total. The molecular formula is C17H18N2O. The molecule has 20 heavy (non-hydrogen) atoms. The lowest BCUT2D eigenvalue weighted by Gasteiger charge is -1.99. The molecule has 0 fully saturated rings. The fraction of sp³-hybridized carbons (Fsp3) is 0.235. The molecule has 0 saturated carbocycles. The van der Waals surface area contributed by atoms with Gasteiger partial charge in [0.05, 0.1) is 0 Å². The Bertz CT molecular complexity index is 742. The first kappa shape index (κ1) is 12.9. The maximum Gasteiger partial charge on any atom is 0.227 e. The third kappa shape index (κ3) is 2.32. The van der Waals surface area contributed by atoms with E-state index in [-0.39, 0.29) is 0 Å². The molecule has 3 heteroatoms. The minimum atomic E-state index is 0.667. The summed E-state index contributed by atoms with van der Waals surface area (Å²) in [6, 6.07) is 12.4. The van der Waals surface area contributed by atoms with Crippen LogP contribution in [0.5, 0.6) is 0 Å². The molecule has 2 aromatic carbocycles. The van der Waals surface area contributed by atoms with E-state index < -0.39 is 0 Å². The van der Waals surface area contributed by atoms with Crippen molar-refractivity contribution in [2.75, 3.05) is 6.54 Å². The third-order valence-corrected chi connectivity index (χ3v) is 3.45. The highest BCUT2D eigenvalue weighted by Gasteiger charge is 2.10. The van der Waals surface area contributed by atoms with Gasteiger partial charge in [-0.25, -0.2) is 4.98 Å². The Labute approximate surface area is 118 Å². The molecular weight excluding hydrogens is 248 g/mol. The van der Waals surface area contributed by atoms with Crippen molar-refractivity contribution >= 4 is 11.1 Å². The number of nitrogens with zero attached hydrogens (tertiary/aromatic N) is 1. The van der Waals surface area contributed by atoms with Gasteiger partial charge in [0.25, 0.3) is 0 Å². The molecule has 102 valence electrons. The van der Waals surface area contributed by atoms with E-state index in [2.05, 4.69) is 43.1 Å². The second kappa shape index (κ2) is 5.10. The van der Waals surface area contributed by atoms with E-state index in [0.29, 0.717) is 12.4 Å². The minimum Gasteiger partial charge on any atom is -0.436 e. The van der Waals surface area contributed by atoms with E-state index in [9.17, 15) is 0 Å². The van der Waals surface area contributed by atoms with Gasteiger partial charge in [-0.2, -0.15) is 0 Å². The van der Waals surface area contributed by atoms with Crippen molar-refractivity contribution in [3.8, 4) is 11.5 Å². The molecule has 0 aliphatic heterocycles. The van der Waals surface area contributed by atoms with Crippen LogP contribution in [0.25, 0.3) is 22.6 Å². The van der Waals surface area contributed by atoms with Gasteiger partial charge in [-0.15, -0.1) is 0 Å². The number of nitrogens with two attached hydrogens (primary N) is 1. The van der Waals surface area contributed by atoms with Crippen molar-refractivity contribution in [3.05, 3.63) is 53.1 Å². The lowest BCUT2D eigenvalue weighted by atomic mass is 10.1.